The number of hydrogen-bond donors (Lipinski definition) is 2. The molecule has 8 nitrogen and oxygen atoms in total. The molecule has 0 spiro atoms. The van der Waals surface area contributed by atoms with Gasteiger partial charge >= 0.3 is 0 Å². The number of rotatable bonds is 6. The Balaban J connectivity index is 1.77. The Morgan fingerprint density at radius 1 is 1.28 bits per heavy atom. The number of phenolic OH excluding ortho intramolecular Hbond substituents is 1. The maximum atomic E-state index is 12.3. The monoisotopic (exact) mass is 457 g/mol. The van der Waals surface area contributed by atoms with Crippen LogP contribution in [0.3, 0.4) is 0 Å². The van der Waals surface area contributed by atoms with E-state index >= 15 is 0 Å². The molecule has 0 radical (unpaired) electrons. The number of nitrogens with zero attached hydrogens (tertiary/aromatic N) is 2. The lowest BCUT2D eigenvalue weighted by Crippen LogP contribution is -2.20. The number of methoxy groups -OCH3 is 1. The van der Waals surface area contributed by atoms with Gasteiger partial charge in [-0.15, -0.1) is 0 Å². The van der Waals surface area contributed by atoms with Crippen LogP contribution >= 0.6 is 15.9 Å². The number of ether oxygens (including phenoxy) is 1. The summed E-state index contributed by atoms with van der Waals surface area (Å²) >= 11 is 3.49. The number of hydrogen-bond acceptors (Lipinski definition) is 6. The van der Waals surface area contributed by atoms with Crippen LogP contribution in [0.5, 0.6) is 11.5 Å². The second-order valence-corrected chi connectivity index (χ2v) is 6.92. The van der Waals surface area contributed by atoms with Crippen molar-refractivity contribution in [3.8, 4) is 11.5 Å². The molecular weight excluding hydrogens is 442 g/mol. The maximum Gasteiger partial charge on any atom is 0.274 e. The number of aromatic hydroxyl groups is 1. The molecule has 29 heavy (non-hydrogen) atoms. The van der Waals surface area contributed by atoms with Crippen molar-refractivity contribution in [2.45, 2.75) is 6.42 Å². The van der Waals surface area contributed by atoms with Crippen molar-refractivity contribution in [3.05, 3.63) is 74.2 Å². The SMILES string of the molecule is COc1cc([N+](=O)[O-])cc(/C=N\NC(=O)Cc2ccc(Br)c3ccccc23)c1O. The van der Waals surface area contributed by atoms with Gasteiger partial charge in [0.25, 0.3) is 5.69 Å². The van der Waals surface area contributed by atoms with Crippen molar-refractivity contribution >= 4 is 44.5 Å². The van der Waals surface area contributed by atoms with Crippen LogP contribution in [0, 0.1) is 10.1 Å². The Morgan fingerprint density at radius 3 is 2.69 bits per heavy atom. The fourth-order valence-electron chi connectivity index (χ4n) is 2.84. The van der Waals surface area contributed by atoms with E-state index in [4.69, 9.17) is 4.74 Å². The molecule has 0 aliphatic carbocycles. The smallest absolute Gasteiger partial charge is 0.274 e. The van der Waals surface area contributed by atoms with Gasteiger partial charge in [-0.1, -0.05) is 46.3 Å². The number of nitrogens with one attached hydrogen (secondary N) is 1. The fourth-order valence-corrected chi connectivity index (χ4v) is 3.32. The summed E-state index contributed by atoms with van der Waals surface area (Å²) in [5.41, 5.74) is 2.98. The van der Waals surface area contributed by atoms with Crippen molar-refractivity contribution in [3.63, 3.8) is 0 Å². The van der Waals surface area contributed by atoms with E-state index in [1.54, 1.807) is 0 Å². The van der Waals surface area contributed by atoms with E-state index in [1.807, 2.05) is 36.4 Å². The normalized spacial score (nSPS) is 11.0. The Kier molecular flexibility index (Phi) is 6.08. The molecule has 0 aliphatic rings. The number of nitro groups is 1. The topological polar surface area (TPSA) is 114 Å². The van der Waals surface area contributed by atoms with Crippen LogP contribution in [-0.2, 0) is 11.2 Å². The largest absolute Gasteiger partial charge is 0.504 e. The molecule has 0 heterocycles. The third-order valence-electron chi connectivity index (χ3n) is 4.22. The summed E-state index contributed by atoms with van der Waals surface area (Å²) in [7, 11) is 1.28. The van der Waals surface area contributed by atoms with Crippen molar-refractivity contribution in [1.29, 1.82) is 0 Å². The zero-order valence-corrected chi connectivity index (χ0v) is 16.8. The number of benzene rings is 3. The fraction of sp³-hybridized carbons (Fsp3) is 0.100. The zero-order chi connectivity index (χ0) is 21.0. The lowest BCUT2D eigenvalue weighted by Gasteiger charge is -2.08. The highest BCUT2D eigenvalue weighted by Crippen LogP contribution is 2.33. The third-order valence-corrected chi connectivity index (χ3v) is 4.92. The molecular formula is C20H16BrN3O5. The first-order chi connectivity index (χ1) is 13.9. The Hall–Kier alpha value is -3.46. The molecule has 148 valence electrons. The van der Waals surface area contributed by atoms with Gasteiger partial charge in [0.1, 0.15) is 0 Å². The van der Waals surface area contributed by atoms with E-state index in [0.29, 0.717) is 0 Å². The first kappa shape index (κ1) is 20.3. The highest BCUT2D eigenvalue weighted by molar-refractivity contribution is 9.10. The molecule has 0 atom stereocenters. The quantitative estimate of drug-likeness (QED) is 0.330. The number of carbonyl (C=O) groups is 1. The van der Waals surface area contributed by atoms with Crippen LogP contribution in [0.25, 0.3) is 10.8 Å². The van der Waals surface area contributed by atoms with Gasteiger partial charge in [0.15, 0.2) is 11.5 Å². The van der Waals surface area contributed by atoms with Crippen molar-refractivity contribution in [1.82, 2.24) is 5.43 Å². The zero-order valence-electron chi connectivity index (χ0n) is 15.3. The van der Waals surface area contributed by atoms with Gasteiger partial charge in [0, 0.05) is 16.1 Å². The van der Waals surface area contributed by atoms with Gasteiger partial charge in [-0.2, -0.15) is 5.10 Å². The molecule has 0 saturated heterocycles. The van der Waals surface area contributed by atoms with Crippen LogP contribution < -0.4 is 10.2 Å². The van der Waals surface area contributed by atoms with Gasteiger partial charge in [-0.25, -0.2) is 5.43 Å². The number of nitro benzene ring substituents is 1. The molecule has 3 aromatic carbocycles. The summed E-state index contributed by atoms with van der Waals surface area (Å²) in [5.74, 6) is -0.742. The van der Waals surface area contributed by atoms with Crippen molar-refractivity contribution < 1.29 is 19.6 Å². The van der Waals surface area contributed by atoms with Gasteiger partial charge in [-0.3, -0.25) is 14.9 Å². The molecule has 0 bridgehead atoms. The average Bonchev–Trinajstić information content (AvgIpc) is 2.71. The second kappa shape index (κ2) is 8.70. The van der Waals surface area contributed by atoms with Crippen LogP contribution in [0.15, 0.2) is 58.1 Å². The highest BCUT2D eigenvalue weighted by atomic mass is 79.9. The van der Waals surface area contributed by atoms with E-state index in [1.165, 1.54) is 7.11 Å². The van der Waals surface area contributed by atoms with Crippen LogP contribution in [0.1, 0.15) is 11.1 Å². The Morgan fingerprint density at radius 2 is 2.00 bits per heavy atom. The molecule has 0 fully saturated rings. The van der Waals surface area contributed by atoms with Crippen molar-refractivity contribution in [2.24, 2.45) is 5.10 Å². The molecule has 0 saturated carbocycles. The van der Waals surface area contributed by atoms with Gasteiger partial charge < -0.3 is 9.84 Å². The average molecular weight is 458 g/mol. The van der Waals surface area contributed by atoms with E-state index in [0.717, 1.165) is 39.2 Å². The van der Waals surface area contributed by atoms with Gasteiger partial charge in [0.05, 0.1) is 30.7 Å². The number of non-ortho nitro benzene ring substituents is 1. The Bertz CT molecular complexity index is 1130. The number of carbonyl (C=O) groups excluding carboxylic acids is 1. The summed E-state index contributed by atoms with van der Waals surface area (Å²) < 4.78 is 5.86. The molecule has 9 heteroatoms. The van der Waals surface area contributed by atoms with E-state index in [9.17, 15) is 20.0 Å². The standard InChI is InChI=1S/C20H16BrN3O5/c1-29-18-10-14(24(27)28)8-13(20(18)26)11-22-23-19(25)9-12-6-7-17(21)16-5-3-2-4-15(12)16/h2-8,10-11,26H,9H2,1H3,(H,23,25)/b22-11-. The minimum absolute atomic E-state index is 0.0467. The molecule has 0 unspecified atom stereocenters. The number of halogens is 1. The highest BCUT2D eigenvalue weighted by Gasteiger charge is 2.16. The van der Waals surface area contributed by atoms with Crippen LogP contribution in [0.4, 0.5) is 5.69 Å². The maximum absolute atomic E-state index is 12.3. The second-order valence-electron chi connectivity index (χ2n) is 6.07. The molecule has 0 aliphatic heterocycles. The van der Waals surface area contributed by atoms with E-state index in [-0.39, 0.29) is 35.1 Å². The lowest BCUT2D eigenvalue weighted by molar-refractivity contribution is -0.385. The Labute approximate surface area is 174 Å². The number of fused-ring (bicyclic) bond motifs is 1. The summed E-state index contributed by atoms with van der Waals surface area (Å²) in [6.07, 6.45) is 1.22. The molecule has 3 aromatic rings. The lowest BCUT2D eigenvalue weighted by atomic mass is 10.0. The first-order valence-corrected chi connectivity index (χ1v) is 9.23. The van der Waals surface area contributed by atoms with E-state index in [2.05, 4.69) is 26.5 Å². The molecule has 1 amide bonds. The van der Waals surface area contributed by atoms with Crippen LogP contribution in [0.2, 0.25) is 0 Å². The summed E-state index contributed by atoms with van der Waals surface area (Å²) in [5, 5.41) is 26.8. The van der Waals surface area contributed by atoms with Gasteiger partial charge in [0.2, 0.25) is 5.91 Å². The summed E-state index contributed by atoms with van der Waals surface area (Å²) in [6, 6.07) is 13.7. The van der Waals surface area contributed by atoms with Gasteiger partial charge in [-0.05, 0) is 22.4 Å². The number of amides is 1. The number of hydrazone groups is 1. The summed E-state index contributed by atoms with van der Waals surface area (Å²) in [4.78, 5) is 22.7. The number of phenols is 1. The predicted molar refractivity (Wildman–Crippen MR) is 112 cm³/mol. The molecule has 3 rings (SSSR count). The predicted octanol–water partition coefficient (Wildman–Crippen LogP) is 3.92. The minimum Gasteiger partial charge on any atom is -0.504 e. The third kappa shape index (κ3) is 4.52. The minimum atomic E-state index is -0.615. The summed E-state index contributed by atoms with van der Waals surface area (Å²) in [6.45, 7) is 0. The first-order valence-electron chi connectivity index (χ1n) is 8.44. The van der Waals surface area contributed by atoms with Crippen LogP contribution in [-0.4, -0.2) is 29.3 Å². The van der Waals surface area contributed by atoms with Crippen molar-refractivity contribution in [2.75, 3.05) is 7.11 Å². The molecule has 0 aromatic heterocycles. The molecule has 2 N–H and O–H groups in total. The van der Waals surface area contributed by atoms with E-state index < -0.39 is 4.92 Å².